The Morgan fingerprint density at radius 1 is 1.77 bits per heavy atom. The number of hydrogen-bond donors (Lipinski definition) is 0. The molecule has 5 nitrogen and oxygen atoms in total. The van der Waals surface area contributed by atoms with E-state index in [0.717, 1.165) is 0 Å². The average molecular weight is 187 g/mol. The Hall–Kier alpha value is -1.62. The lowest BCUT2D eigenvalue weighted by atomic mass is 10.2. The van der Waals surface area contributed by atoms with Crippen molar-refractivity contribution < 1.29 is 8.78 Å². The Bertz CT molecular complexity index is 339. The summed E-state index contributed by atoms with van der Waals surface area (Å²) >= 11 is 0. The highest BCUT2D eigenvalue weighted by Gasteiger charge is 2.16. The monoisotopic (exact) mass is 187 g/mol. The quantitative estimate of drug-likeness (QED) is 0.406. The Labute approximate surface area is 72.6 Å². The van der Waals surface area contributed by atoms with Gasteiger partial charge in [-0.05, 0) is 5.53 Å². The molecule has 0 bridgehead atoms. The minimum Gasteiger partial charge on any atom is -0.275 e. The summed E-state index contributed by atoms with van der Waals surface area (Å²) in [6.07, 6.45) is -1.22. The van der Waals surface area contributed by atoms with Crippen molar-refractivity contribution in [2.24, 2.45) is 12.2 Å². The standard InChI is InChI=1S/C6H7F2N5/c1-13-3-4(2-10-12-9)5(11-13)6(7)8/h3,6H,2H2,1H3. The predicted molar refractivity (Wildman–Crippen MR) is 41.0 cm³/mol. The summed E-state index contributed by atoms with van der Waals surface area (Å²) in [6.45, 7) is -0.0932. The Morgan fingerprint density at radius 2 is 2.46 bits per heavy atom. The molecule has 0 fully saturated rings. The largest absolute Gasteiger partial charge is 0.282 e. The van der Waals surface area contributed by atoms with Crippen LogP contribution in [0.4, 0.5) is 8.78 Å². The molecule has 1 aromatic rings. The topological polar surface area (TPSA) is 66.6 Å². The van der Waals surface area contributed by atoms with Gasteiger partial charge in [-0.1, -0.05) is 5.11 Å². The molecule has 0 aromatic carbocycles. The highest BCUT2D eigenvalue weighted by atomic mass is 19.3. The van der Waals surface area contributed by atoms with Gasteiger partial charge in [0.1, 0.15) is 5.69 Å². The molecule has 0 saturated carbocycles. The molecule has 0 aliphatic carbocycles. The van der Waals surface area contributed by atoms with E-state index in [1.54, 1.807) is 0 Å². The van der Waals surface area contributed by atoms with Crippen molar-refractivity contribution in [2.45, 2.75) is 13.0 Å². The second-order valence-electron chi connectivity index (χ2n) is 2.40. The zero-order valence-corrected chi connectivity index (χ0v) is 6.85. The molecule has 0 aliphatic rings. The third-order valence-electron chi connectivity index (χ3n) is 1.45. The Morgan fingerprint density at radius 3 is 3.00 bits per heavy atom. The highest BCUT2D eigenvalue weighted by Crippen LogP contribution is 2.21. The minimum absolute atomic E-state index is 0.0932. The lowest BCUT2D eigenvalue weighted by Gasteiger charge is -1.94. The van der Waals surface area contributed by atoms with Crippen LogP contribution in [0.2, 0.25) is 0 Å². The summed E-state index contributed by atoms with van der Waals surface area (Å²) in [5.74, 6) is 0. The smallest absolute Gasteiger partial charge is 0.275 e. The van der Waals surface area contributed by atoms with E-state index in [9.17, 15) is 8.78 Å². The van der Waals surface area contributed by atoms with Gasteiger partial charge in [0.15, 0.2) is 0 Å². The molecule has 1 aromatic heterocycles. The number of hydrogen-bond acceptors (Lipinski definition) is 2. The second kappa shape index (κ2) is 3.86. The van der Waals surface area contributed by atoms with E-state index in [0.29, 0.717) is 0 Å². The first kappa shape index (κ1) is 9.47. The van der Waals surface area contributed by atoms with Crippen molar-refractivity contribution in [3.05, 3.63) is 27.9 Å². The predicted octanol–water partition coefficient (Wildman–Crippen LogP) is 2.17. The molecule has 0 radical (unpaired) electrons. The first-order valence-corrected chi connectivity index (χ1v) is 3.46. The van der Waals surface area contributed by atoms with Crippen molar-refractivity contribution in [3.63, 3.8) is 0 Å². The molecular weight excluding hydrogens is 180 g/mol. The maximum atomic E-state index is 12.3. The number of azide groups is 1. The maximum Gasteiger partial charge on any atom is 0.282 e. The number of aromatic nitrogens is 2. The van der Waals surface area contributed by atoms with Crippen LogP contribution in [0, 0.1) is 0 Å². The Balaban J connectivity index is 2.96. The SMILES string of the molecule is Cn1cc(CN=[N+]=[N-])c(C(F)F)n1. The van der Waals surface area contributed by atoms with Crippen LogP contribution >= 0.6 is 0 Å². The summed E-state index contributed by atoms with van der Waals surface area (Å²) in [6, 6.07) is 0. The van der Waals surface area contributed by atoms with Gasteiger partial charge in [-0.2, -0.15) is 5.10 Å². The highest BCUT2D eigenvalue weighted by molar-refractivity contribution is 5.17. The number of alkyl halides is 2. The van der Waals surface area contributed by atoms with Gasteiger partial charge >= 0.3 is 0 Å². The van der Waals surface area contributed by atoms with Gasteiger partial charge in [0.05, 0.1) is 6.54 Å². The molecule has 7 heteroatoms. The number of aryl methyl sites for hydroxylation is 1. The molecule has 0 amide bonds. The lowest BCUT2D eigenvalue weighted by molar-refractivity contribution is 0.144. The lowest BCUT2D eigenvalue weighted by Crippen LogP contribution is -1.92. The van der Waals surface area contributed by atoms with Gasteiger partial charge in [0, 0.05) is 23.7 Å². The molecule has 0 unspecified atom stereocenters. The molecule has 1 rings (SSSR count). The van der Waals surface area contributed by atoms with Crippen LogP contribution in [0.15, 0.2) is 11.3 Å². The van der Waals surface area contributed by atoms with Crippen LogP contribution in [0.5, 0.6) is 0 Å². The molecule has 70 valence electrons. The van der Waals surface area contributed by atoms with Crippen molar-refractivity contribution in [3.8, 4) is 0 Å². The molecule has 0 N–H and O–H groups in total. The maximum absolute atomic E-state index is 12.3. The van der Waals surface area contributed by atoms with E-state index in [4.69, 9.17) is 5.53 Å². The number of halogens is 2. The van der Waals surface area contributed by atoms with Crippen LogP contribution in [0.25, 0.3) is 10.4 Å². The minimum atomic E-state index is -2.63. The molecule has 0 aliphatic heterocycles. The summed E-state index contributed by atoms with van der Waals surface area (Å²) in [7, 11) is 1.53. The molecule has 0 saturated heterocycles. The molecular formula is C6H7F2N5. The number of rotatable bonds is 3. The van der Waals surface area contributed by atoms with Crippen LogP contribution in [0.1, 0.15) is 17.7 Å². The van der Waals surface area contributed by atoms with Crippen LogP contribution < -0.4 is 0 Å². The number of nitrogens with zero attached hydrogens (tertiary/aromatic N) is 5. The fourth-order valence-corrected chi connectivity index (χ4v) is 0.968. The van der Waals surface area contributed by atoms with Crippen molar-refractivity contribution in [2.75, 3.05) is 0 Å². The van der Waals surface area contributed by atoms with E-state index < -0.39 is 6.43 Å². The van der Waals surface area contributed by atoms with Gasteiger partial charge in [-0.3, -0.25) is 4.68 Å². The van der Waals surface area contributed by atoms with Gasteiger partial charge in [-0.15, -0.1) is 0 Å². The fraction of sp³-hybridized carbons (Fsp3) is 0.500. The third-order valence-corrected chi connectivity index (χ3v) is 1.45. The van der Waals surface area contributed by atoms with Gasteiger partial charge < -0.3 is 0 Å². The zero-order valence-electron chi connectivity index (χ0n) is 6.85. The van der Waals surface area contributed by atoms with Gasteiger partial charge in [0.2, 0.25) is 0 Å². The van der Waals surface area contributed by atoms with E-state index in [1.807, 2.05) is 0 Å². The first-order chi connectivity index (χ1) is 6.15. The summed E-state index contributed by atoms with van der Waals surface area (Å²) < 4.78 is 25.8. The van der Waals surface area contributed by atoms with Gasteiger partial charge in [-0.25, -0.2) is 8.78 Å². The summed E-state index contributed by atoms with van der Waals surface area (Å²) in [5.41, 5.74) is 7.94. The summed E-state index contributed by atoms with van der Waals surface area (Å²) in [5, 5.41) is 6.74. The average Bonchev–Trinajstić information content (AvgIpc) is 2.43. The fourth-order valence-electron chi connectivity index (χ4n) is 0.968. The second-order valence-corrected chi connectivity index (χ2v) is 2.40. The van der Waals surface area contributed by atoms with Gasteiger partial charge in [0.25, 0.3) is 6.43 Å². The van der Waals surface area contributed by atoms with Crippen molar-refractivity contribution >= 4 is 0 Å². The van der Waals surface area contributed by atoms with E-state index in [1.165, 1.54) is 17.9 Å². The molecule has 0 spiro atoms. The van der Waals surface area contributed by atoms with E-state index >= 15 is 0 Å². The van der Waals surface area contributed by atoms with E-state index in [2.05, 4.69) is 15.1 Å². The normalized spacial score (nSPS) is 10.2. The zero-order chi connectivity index (χ0) is 9.84. The molecule has 1 heterocycles. The van der Waals surface area contributed by atoms with Crippen molar-refractivity contribution in [1.29, 1.82) is 0 Å². The van der Waals surface area contributed by atoms with Crippen LogP contribution in [-0.2, 0) is 13.6 Å². The molecule has 13 heavy (non-hydrogen) atoms. The van der Waals surface area contributed by atoms with Crippen LogP contribution in [0.3, 0.4) is 0 Å². The van der Waals surface area contributed by atoms with Crippen LogP contribution in [-0.4, -0.2) is 9.78 Å². The van der Waals surface area contributed by atoms with Crippen molar-refractivity contribution in [1.82, 2.24) is 9.78 Å². The third kappa shape index (κ3) is 2.16. The Kier molecular flexibility index (Phi) is 2.81. The summed E-state index contributed by atoms with van der Waals surface area (Å²) in [4.78, 5) is 2.48. The first-order valence-electron chi connectivity index (χ1n) is 3.46. The van der Waals surface area contributed by atoms with E-state index in [-0.39, 0.29) is 17.8 Å². The molecule has 0 atom stereocenters.